The number of nitrogens with one attached hydrogen (secondary N) is 1. The first-order chi connectivity index (χ1) is 12.5. The second-order valence-electron chi connectivity index (χ2n) is 6.10. The molecule has 0 unspecified atom stereocenters. The fraction of sp³-hybridized carbons (Fsp3) is 0.150. The number of aromatic nitrogens is 2. The van der Waals surface area contributed by atoms with Crippen molar-refractivity contribution in [2.75, 3.05) is 11.1 Å². The Hall–Kier alpha value is -3.41. The first-order valence-corrected chi connectivity index (χ1v) is 8.24. The molecule has 3 rings (SSSR count). The lowest BCUT2D eigenvalue weighted by atomic mass is 10.0. The van der Waals surface area contributed by atoms with Gasteiger partial charge in [-0.05, 0) is 37.1 Å². The van der Waals surface area contributed by atoms with Crippen molar-refractivity contribution in [2.24, 2.45) is 0 Å². The smallest absolute Gasteiger partial charge is 0.335 e. The van der Waals surface area contributed by atoms with E-state index in [-0.39, 0.29) is 11.6 Å². The molecule has 1 atom stereocenters. The number of benzene rings is 2. The van der Waals surface area contributed by atoms with Crippen LogP contribution in [-0.2, 0) is 0 Å². The lowest BCUT2D eigenvalue weighted by Gasteiger charge is -2.17. The number of hydrogen-bond acceptors (Lipinski definition) is 5. The number of carboxylic acids is 1. The van der Waals surface area contributed by atoms with Gasteiger partial charge in [-0.3, -0.25) is 0 Å². The maximum absolute atomic E-state index is 11.3. The average Bonchev–Trinajstić information content (AvgIpc) is 2.64. The Bertz CT molecular complexity index is 942. The first-order valence-electron chi connectivity index (χ1n) is 8.24. The van der Waals surface area contributed by atoms with Crippen LogP contribution in [0.1, 0.15) is 34.5 Å². The molecule has 1 heterocycles. The van der Waals surface area contributed by atoms with E-state index in [9.17, 15) is 9.90 Å². The number of carboxylic acid groups (broad SMARTS) is 1. The van der Waals surface area contributed by atoms with Crippen LogP contribution in [0.15, 0.2) is 54.7 Å². The van der Waals surface area contributed by atoms with E-state index in [2.05, 4.69) is 15.3 Å². The van der Waals surface area contributed by atoms with E-state index in [0.717, 1.165) is 11.1 Å². The van der Waals surface area contributed by atoms with Crippen LogP contribution in [0, 0.1) is 6.92 Å². The van der Waals surface area contributed by atoms with Gasteiger partial charge >= 0.3 is 5.97 Å². The molecule has 6 heteroatoms. The number of aryl methyl sites for hydroxylation is 1. The Morgan fingerprint density at radius 3 is 2.62 bits per heavy atom. The molecule has 6 nitrogen and oxygen atoms in total. The van der Waals surface area contributed by atoms with Crippen molar-refractivity contribution in [3.8, 4) is 11.3 Å². The Kier molecular flexibility index (Phi) is 4.84. The maximum atomic E-state index is 11.3. The van der Waals surface area contributed by atoms with Gasteiger partial charge in [0.25, 0.3) is 0 Å². The lowest BCUT2D eigenvalue weighted by molar-refractivity contribution is 0.0697. The van der Waals surface area contributed by atoms with Gasteiger partial charge in [0.1, 0.15) is 0 Å². The van der Waals surface area contributed by atoms with Crippen LogP contribution in [0.3, 0.4) is 0 Å². The van der Waals surface area contributed by atoms with Crippen molar-refractivity contribution in [3.63, 3.8) is 0 Å². The van der Waals surface area contributed by atoms with Gasteiger partial charge in [0.05, 0.1) is 23.5 Å². The molecule has 26 heavy (non-hydrogen) atoms. The third-order valence-corrected chi connectivity index (χ3v) is 4.21. The molecule has 0 aliphatic heterocycles. The van der Waals surface area contributed by atoms with Crippen LogP contribution in [0.25, 0.3) is 11.3 Å². The summed E-state index contributed by atoms with van der Waals surface area (Å²) < 4.78 is 0. The predicted octanol–water partition coefficient (Wildman–Crippen LogP) is 3.91. The summed E-state index contributed by atoms with van der Waals surface area (Å²) in [5.41, 5.74) is 9.49. The Labute approximate surface area is 151 Å². The molecule has 3 aromatic rings. The van der Waals surface area contributed by atoms with Crippen LogP contribution in [0.4, 0.5) is 11.6 Å². The molecule has 0 aliphatic rings. The highest BCUT2D eigenvalue weighted by molar-refractivity contribution is 5.89. The quantitative estimate of drug-likeness (QED) is 0.646. The highest BCUT2D eigenvalue weighted by atomic mass is 16.4. The molecule has 1 aromatic heterocycles. The minimum absolute atomic E-state index is 0.00509. The van der Waals surface area contributed by atoms with E-state index in [4.69, 9.17) is 5.73 Å². The molecule has 2 aromatic carbocycles. The lowest BCUT2D eigenvalue weighted by Crippen LogP contribution is -2.11. The molecule has 0 fully saturated rings. The summed E-state index contributed by atoms with van der Waals surface area (Å²) in [5.74, 6) is -0.215. The zero-order chi connectivity index (χ0) is 18.7. The summed E-state index contributed by atoms with van der Waals surface area (Å²) in [6.07, 6.45) is 1.56. The maximum Gasteiger partial charge on any atom is 0.335 e. The van der Waals surface area contributed by atoms with Crippen molar-refractivity contribution in [1.29, 1.82) is 0 Å². The Balaban J connectivity index is 1.96. The highest BCUT2D eigenvalue weighted by Crippen LogP contribution is 2.27. The minimum atomic E-state index is -0.981. The van der Waals surface area contributed by atoms with E-state index in [1.807, 2.05) is 44.2 Å². The van der Waals surface area contributed by atoms with Gasteiger partial charge in [0.15, 0.2) is 11.6 Å². The summed E-state index contributed by atoms with van der Waals surface area (Å²) >= 11 is 0. The van der Waals surface area contributed by atoms with Crippen molar-refractivity contribution >= 4 is 17.6 Å². The third-order valence-electron chi connectivity index (χ3n) is 4.21. The third kappa shape index (κ3) is 3.64. The van der Waals surface area contributed by atoms with Crippen LogP contribution < -0.4 is 11.1 Å². The summed E-state index contributed by atoms with van der Waals surface area (Å²) in [6.45, 7) is 3.91. The van der Waals surface area contributed by atoms with Crippen LogP contribution in [-0.4, -0.2) is 21.0 Å². The van der Waals surface area contributed by atoms with Crippen LogP contribution in [0.2, 0.25) is 0 Å². The molecule has 0 aliphatic carbocycles. The molecular weight excluding hydrogens is 328 g/mol. The largest absolute Gasteiger partial charge is 0.478 e. The number of nitrogens with two attached hydrogens (primary N) is 1. The van der Waals surface area contributed by atoms with E-state index >= 15 is 0 Å². The minimum Gasteiger partial charge on any atom is -0.478 e. The molecule has 0 bridgehead atoms. The normalized spacial score (nSPS) is 11.8. The molecule has 0 radical (unpaired) electrons. The molecule has 0 saturated carbocycles. The monoisotopic (exact) mass is 348 g/mol. The van der Waals surface area contributed by atoms with Gasteiger partial charge in [-0.25, -0.2) is 14.8 Å². The topological polar surface area (TPSA) is 101 Å². The SMILES string of the molecule is Cc1ccc(C(=O)O)cc1-c1cnc(N)c(N[C@H](C)c2ccccc2)n1. The van der Waals surface area contributed by atoms with Gasteiger partial charge < -0.3 is 16.2 Å². The highest BCUT2D eigenvalue weighted by Gasteiger charge is 2.13. The fourth-order valence-electron chi connectivity index (χ4n) is 2.70. The van der Waals surface area contributed by atoms with Crippen molar-refractivity contribution < 1.29 is 9.90 Å². The van der Waals surface area contributed by atoms with Crippen LogP contribution in [0.5, 0.6) is 0 Å². The standard InChI is InChI=1S/C20H20N4O2/c1-12-8-9-15(20(25)26)10-16(12)17-11-22-18(21)19(24-17)23-13(2)14-6-4-3-5-7-14/h3-11,13H,1-2H3,(H2,21,22)(H,23,24)(H,25,26)/t13-/m1/s1. The van der Waals surface area contributed by atoms with Crippen molar-refractivity contribution in [2.45, 2.75) is 19.9 Å². The van der Waals surface area contributed by atoms with Crippen molar-refractivity contribution in [1.82, 2.24) is 9.97 Å². The number of carbonyl (C=O) groups is 1. The van der Waals surface area contributed by atoms with Gasteiger partial charge in [-0.15, -0.1) is 0 Å². The number of nitrogen functional groups attached to an aromatic ring is 1. The Morgan fingerprint density at radius 1 is 1.19 bits per heavy atom. The van der Waals surface area contributed by atoms with E-state index < -0.39 is 5.97 Å². The summed E-state index contributed by atoms with van der Waals surface area (Å²) in [5, 5.41) is 12.5. The molecule has 132 valence electrons. The first kappa shape index (κ1) is 17.4. The Morgan fingerprint density at radius 2 is 1.92 bits per heavy atom. The molecular formula is C20H20N4O2. The molecule has 0 saturated heterocycles. The number of rotatable bonds is 5. The summed E-state index contributed by atoms with van der Waals surface area (Å²) in [6, 6.07) is 14.9. The predicted molar refractivity (Wildman–Crippen MR) is 102 cm³/mol. The van der Waals surface area contributed by atoms with Crippen LogP contribution >= 0.6 is 0 Å². The number of nitrogens with zero attached hydrogens (tertiary/aromatic N) is 2. The van der Waals surface area contributed by atoms with Gasteiger partial charge in [-0.1, -0.05) is 36.4 Å². The molecule has 0 amide bonds. The summed E-state index contributed by atoms with van der Waals surface area (Å²) in [4.78, 5) is 20.1. The number of anilines is 2. The number of aromatic carboxylic acids is 1. The second-order valence-corrected chi connectivity index (χ2v) is 6.10. The zero-order valence-corrected chi connectivity index (χ0v) is 14.6. The molecule has 0 spiro atoms. The van der Waals surface area contributed by atoms with E-state index in [1.54, 1.807) is 24.4 Å². The van der Waals surface area contributed by atoms with Gasteiger partial charge in [-0.2, -0.15) is 0 Å². The van der Waals surface area contributed by atoms with E-state index in [1.165, 1.54) is 0 Å². The molecule has 4 N–H and O–H groups in total. The summed E-state index contributed by atoms with van der Waals surface area (Å²) in [7, 11) is 0. The van der Waals surface area contributed by atoms with E-state index in [0.29, 0.717) is 22.9 Å². The number of hydrogen-bond donors (Lipinski definition) is 3. The zero-order valence-electron chi connectivity index (χ0n) is 14.6. The fourth-order valence-corrected chi connectivity index (χ4v) is 2.70. The second kappa shape index (κ2) is 7.23. The van der Waals surface area contributed by atoms with Gasteiger partial charge in [0.2, 0.25) is 0 Å². The van der Waals surface area contributed by atoms with Crippen molar-refractivity contribution in [3.05, 3.63) is 71.4 Å². The van der Waals surface area contributed by atoms with Gasteiger partial charge in [0, 0.05) is 5.56 Å². The average molecular weight is 348 g/mol.